The van der Waals surface area contributed by atoms with Crippen molar-refractivity contribution in [2.75, 3.05) is 19.7 Å². The Bertz CT molecular complexity index is 421. The van der Waals surface area contributed by atoms with Gasteiger partial charge < -0.3 is 9.64 Å². The van der Waals surface area contributed by atoms with Crippen molar-refractivity contribution < 1.29 is 14.3 Å². The molecule has 0 unspecified atom stereocenters. The molecule has 1 aliphatic rings. The molecule has 1 aliphatic heterocycles. The Morgan fingerprint density at radius 3 is 2.71 bits per heavy atom. The van der Waals surface area contributed by atoms with Gasteiger partial charge in [-0.1, -0.05) is 0 Å². The van der Waals surface area contributed by atoms with Crippen molar-refractivity contribution in [3.8, 4) is 0 Å². The van der Waals surface area contributed by atoms with Gasteiger partial charge in [0, 0.05) is 13.1 Å². The number of carbonyl (C=O) groups is 2. The molecular weight excluding hydrogens is 238 g/mol. The van der Waals surface area contributed by atoms with Crippen LogP contribution in [0.25, 0.3) is 0 Å². The van der Waals surface area contributed by atoms with Gasteiger partial charge >= 0.3 is 5.97 Å². The molecule has 1 aromatic rings. The van der Waals surface area contributed by atoms with Gasteiger partial charge in [-0.25, -0.2) is 4.79 Å². The van der Waals surface area contributed by atoms with E-state index in [1.165, 1.54) is 11.3 Å². The van der Waals surface area contributed by atoms with E-state index in [1.54, 1.807) is 4.90 Å². The quantitative estimate of drug-likeness (QED) is 0.772. The van der Waals surface area contributed by atoms with Crippen LogP contribution in [0.15, 0.2) is 11.4 Å². The number of likely N-dealkylation sites (tertiary alicyclic amines) is 1. The molecule has 0 aliphatic carbocycles. The predicted octanol–water partition coefficient (Wildman–Crippen LogP) is 1.84. The van der Waals surface area contributed by atoms with Gasteiger partial charge in [0.2, 0.25) is 0 Å². The van der Waals surface area contributed by atoms with Crippen molar-refractivity contribution in [2.45, 2.75) is 19.8 Å². The third-order valence-electron chi connectivity index (χ3n) is 2.83. The van der Waals surface area contributed by atoms with E-state index in [-0.39, 0.29) is 12.5 Å². The number of hydrogen-bond donors (Lipinski definition) is 0. The number of carbonyl (C=O) groups excluding carboxylic acids is 2. The van der Waals surface area contributed by atoms with Gasteiger partial charge in [-0.05, 0) is 36.8 Å². The average molecular weight is 253 g/mol. The summed E-state index contributed by atoms with van der Waals surface area (Å²) in [4.78, 5) is 25.6. The second-order valence-electron chi connectivity index (χ2n) is 4.10. The van der Waals surface area contributed by atoms with Crippen LogP contribution in [-0.2, 0) is 9.53 Å². The Balaban J connectivity index is 1.84. The Labute approximate surface area is 104 Å². The highest BCUT2D eigenvalue weighted by atomic mass is 32.1. The molecule has 0 radical (unpaired) electrons. The van der Waals surface area contributed by atoms with Gasteiger partial charge in [-0.15, -0.1) is 11.3 Å². The van der Waals surface area contributed by atoms with Crippen molar-refractivity contribution in [3.63, 3.8) is 0 Å². The summed E-state index contributed by atoms with van der Waals surface area (Å²) in [5.41, 5.74) is 0.897. The largest absolute Gasteiger partial charge is 0.451 e. The second-order valence-corrected chi connectivity index (χ2v) is 5.01. The zero-order chi connectivity index (χ0) is 12.3. The van der Waals surface area contributed by atoms with Crippen molar-refractivity contribution >= 4 is 23.2 Å². The fraction of sp³-hybridized carbons (Fsp3) is 0.500. The lowest BCUT2D eigenvalue weighted by atomic mass is 10.3. The molecule has 92 valence electrons. The molecule has 2 rings (SSSR count). The lowest BCUT2D eigenvalue weighted by molar-refractivity contribution is -0.133. The number of amides is 1. The summed E-state index contributed by atoms with van der Waals surface area (Å²) >= 11 is 1.34. The highest BCUT2D eigenvalue weighted by molar-refractivity contribution is 7.12. The molecule has 1 saturated heterocycles. The molecule has 0 aromatic carbocycles. The van der Waals surface area contributed by atoms with Gasteiger partial charge in [0.15, 0.2) is 6.61 Å². The van der Waals surface area contributed by atoms with E-state index in [9.17, 15) is 9.59 Å². The van der Waals surface area contributed by atoms with Crippen LogP contribution >= 0.6 is 11.3 Å². The highest BCUT2D eigenvalue weighted by Crippen LogP contribution is 2.16. The summed E-state index contributed by atoms with van der Waals surface area (Å²) < 4.78 is 5.02. The van der Waals surface area contributed by atoms with E-state index >= 15 is 0 Å². The number of esters is 1. The Hall–Kier alpha value is -1.36. The van der Waals surface area contributed by atoms with E-state index in [0.717, 1.165) is 31.5 Å². The predicted molar refractivity (Wildman–Crippen MR) is 65.2 cm³/mol. The SMILES string of the molecule is Cc1ccsc1C(=O)OCC(=O)N1CCCC1. The summed E-state index contributed by atoms with van der Waals surface area (Å²) in [6.45, 7) is 3.29. The normalized spacial score (nSPS) is 15.0. The molecule has 1 amide bonds. The summed E-state index contributed by atoms with van der Waals surface area (Å²) in [5, 5.41) is 1.84. The highest BCUT2D eigenvalue weighted by Gasteiger charge is 2.20. The summed E-state index contributed by atoms with van der Waals surface area (Å²) in [7, 11) is 0. The zero-order valence-electron chi connectivity index (χ0n) is 9.77. The van der Waals surface area contributed by atoms with Crippen molar-refractivity contribution in [3.05, 3.63) is 21.9 Å². The first-order chi connectivity index (χ1) is 8.18. The van der Waals surface area contributed by atoms with Crippen molar-refractivity contribution in [2.24, 2.45) is 0 Å². The number of rotatable bonds is 3. The van der Waals surface area contributed by atoms with E-state index < -0.39 is 5.97 Å². The zero-order valence-corrected chi connectivity index (χ0v) is 10.6. The summed E-state index contributed by atoms with van der Waals surface area (Å²) in [5.74, 6) is -0.491. The third kappa shape index (κ3) is 2.85. The molecule has 0 atom stereocenters. The fourth-order valence-electron chi connectivity index (χ4n) is 1.83. The van der Waals surface area contributed by atoms with Crippen LogP contribution in [0.2, 0.25) is 0 Å². The van der Waals surface area contributed by atoms with Gasteiger partial charge in [-0.3, -0.25) is 4.79 Å². The first-order valence-electron chi connectivity index (χ1n) is 5.67. The van der Waals surface area contributed by atoms with Crippen molar-refractivity contribution in [1.29, 1.82) is 0 Å². The number of hydrogen-bond acceptors (Lipinski definition) is 4. The molecule has 1 aromatic heterocycles. The molecule has 0 saturated carbocycles. The Morgan fingerprint density at radius 1 is 1.41 bits per heavy atom. The molecule has 2 heterocycles. The second kappa shape index (κ2) is 5.31. The lowest BCUT2D eigenvalue weighted by Crippen LogP contribution is -2.32. The Kier molecular flexibility index (Phi) is 3.78. The maximum atomic E-state index is 11.7. The molecule has 4 nitrogen and oxygen atoms in total. The summed E-state index contributed by atoms with van der Waals surface area (Å²) in [6, 6.07) is 1.86. The van der Waals surface area contributed by atoms with E-state index in [1.807, 2.05) is 18.4 Å². The maximum absolute atomic E-state index is 11.7. The minimum Gasteiger partial charge on any atom is -0.451 e. The van der Waals surface area contributed by atoms with Crippen molar-refractivity contribution in [1.82, 2.24) is 4.90 Å². The van der Waals surface area contributed by atoms with Gasteiger partial charge in [0.25, 0.3) is 5.91 Å². The monoisotopic (exact) mass is 253 g/mol. The van der Waals surface area contributed by atoms with E-state index in [2.05, 4.69) is 0 Å². The van der Waals surface area contributed by atoms with Gasteiger partial charge in [0.05, 0.1) is 0 Å². The fourth-order valence-corrected chi connectivity index (χ4v) is 2.65. The van der Waals surface area contributed by atoms with E-state index in [0.29, 0.717) is 4.88 Å². The third-order valence-corrected chi connectivity index (χ3v) is 3.83. The maximum Gasteiger partial charge on any atom is 0.349 e. The van der Waals surface area contributed by atoms with Crippen LogP contribution < -0.4 is 0 Å². The molecule has 17 heavy (non-hydrogen) atoms. The number of aryl methyl sites for hydroxylation is 1. The van der Waals surface area contributed by atoms with Crippen LogP contribution in [0.3, 0.4) is 0 Å². The molecular formula is C12H15NO3S. The molecule has 0 spiro atoms. The van der Waals surface area contributed by atoms with Crippen LogP contribution in [-0.4, -0.2) is 36.5 Å². The van der Waals surface area contributed by atoms with Crippen LogP contribution in [0.4, 0.5) is 0 Å². The standard InChI is InChI=1S/C12H15NO3S/c1-9-4-7-17-11(9)12(15)16-8-10(14)13-5-2-3-6-13/h4,7H,2-3,5-6,8H2,1H3. The lowest BCUT2D eigenvalue weighted by Gasteiger charge is -2.14. The van der Waals surface area contributed by atoms with E-state index in [4.69, 9.17) is 4.74 Å². The molecule has 5 heteroatoms. The van der Waals surface area contributed by atoms with Crippen LogP contribution in [0, 0.1) is 6.92 Å². The number of nitrogens with zero attached hydrogens (tertiary/aromatic N) is 1. The molecule has 1 fully saturated rings. The van der Waals surface area contributed by atoms with Gasteiger partial charge in [0.1, 0.15) is 4.88 Å². The van der Waals surface area contributed by atoms with Crippen LogP contribution in [0.1, 0.15) is 28.1 Å². The Morgan fingerprint density at radius 2 is 2.12 bits per heavy atom. The molecule has 0 bridgehead atoms. The topological polar surface area (TPSA) is 46.6 Å². The minimum absolute atomic E-state index is 0.0925. The first kappa shape index (κ1) is 12.1. The first-order valence-corrected chi connectivity index (χ1v) is 6.55. The molecule has 0 N–H and O–H groups in total. The van der Waals surface area contributed by atoms with Crippen LogP contribution in [0.5, 0.6) is 0 Å². The van der Waals surface area contributed by atoms with Gasteiger partial charge in [-0.2, -0.15) is 0 Å². The summed E-state index contributed by atoms with van der Waals surface area (Å²) in [6.07, 6.45) is 2.09. The number of ether oxygens (including phenoxy) is 1. The number of thiophene rings is 1. The average Bonchev–Trinajstić information content (AvgIpc) is 2.95. The smallest absolute Gasteiger partial charge is 0.349 e. The minimum atomic E-state index is -0.398.